The Morgan fingerprint density at radius 1 is 1.32 bits per heavy atom. The molecule has 1 aromatic carbocycles. The summed E-state index contributed by atoms with van der Waals surface area (Å²) in [5.41, 5.74) is 1.12. The smallest absolute Gasteiger partial charge is 0.243 e. The number of ether oxygens (including phenoxy) is 2. The van der Waals surface area contributed by atoms with Crippen LogP contribution in [0.25, 0.3) is 0 Å². The Hall–Kier alpha value is -1.55. The van der Waals surface area contributed by atoms with Crippen molar-refractivity contribution in [1.29, 1.82) is 0 Å². The summed E-state index contributed by atoms with van der Waals surface area (Å²) in [6, 6.07) is 8.14. The number of para-hydroxylation sites is 1. The molecule has 0 fully saturated rings. The fourth-order valence-electron chi connectivity index (χ4n) is 2.78. The summed E-state index contributed by atoms with van der Waals surface area (Å²) in [6.45, 7) is 5.07. The van der Waals surface area contributed by atoms with Gasteiger partial charge in [0.05, 0.1) is 12.6 Å². The summed E-state index contributed by atoms with van der Waals surface area (Å²) < 4.78 is 11.1. The molecular weight excluding hydrogens is 471 g/mol. The van der Waals surface area contributed by atoms with Crippen LogP contribution in [0.1, 0.15) is 37.8 Å². The number of amides is 1. The predicted molar refractivity (Wildman–Crippen MR) is 123 cm³/mol. The molecule has 2 rings (SSSR count). The lowest BCUT2D eigenvalue weighted by atomic mass is 10.0. The maximum absolute atomic E-state index is 11.9. The molecule has 2 N–H and O–H groups in total. The maximum Gasteiger partial charge on any atom is 0.243 e. The van der Waals surface area contributed by atoms with Gasteiger partial charge in [-0.1, -0.05) is 18.2 Å². The topological polar surface area (TPSA) is 75.2 Å². The second-order valence-corrected chi connectivity index (χ2v) is 6.66. The molecule has 1 amide bonds. The van der Waals surface area contributed by atoms with Gasteiger partial charge in [-0.25, -0.2) is 4.99 Å². The van der Waals surface area contributed by atoms with E-state index in [1.807, 2.05) is 25.1 Å². The Balaban J connectivity index is 0.00000392. The molecule has 1 aliphatic rings. The second kappa shape index (κ2) is 13.6. The minimum Gasteiger partial charge on any atom is -0.493 e. The predicted octanol–water partition coefficient (Wildman–Crippen LogP) is 2.57. The summed E-state index contributed by atoms with van der Waals surface area (Å²) in [6.07, 6.45) is 2.82. The summed E-state index contributed by atoms with van der Waals surface area (Å²) in [5.74, 6) is 1.53. The van der Waals surface area contributed by atoms with E-state index in [1.54, 1.807) is 19.0 Å². The number of likely N-dealkylation sites (N-methyl/N-ethyl adjacent to an activating group) is 1. The highest BCUT2D eigenvalue weighted by Gasteiger charge is 2.22. The van der Waals surface area contributed by atoms with Crippen LogP contribution in [-0.2, 0) is 9.53 Å². The van der Waals surface area contributed by atoms with E-state index in [4.69, 9.17) is 9.47 Å². The van der Waals surface area contributed by atoms with Gasteiger partial charge >= 0.3 is 0 Å². The average molecular weight is 504 g/mol. The number of unbranched alkanes of at least 4 members (excludes halogenated alkanes) is 1. The van der Waals surface area contributed by atoms with Crippen molar-refractivity contribution in [3.8, 4) is 5.75 Å². The Labute approximate surface area is 185 Å². The van der Waals surface area contributed by atoms with E-state index in [2.05, 4.69) is 21.7 Å². The zero-order valence-corrected chi connectivity index (χ0v) is 19.4. The van der Waals surface area contributed by atoms with Gasteiger partial charge in [-0.05, 0) is 25.8 Å². The molecule has 1 atom stereocenters. The molecule has 1 unspecified atom stereocenters. The highest BCUT2D eigenvalue weighted by atomic mass is 127. The minimum absolute atomic E-state index is 0. The SMILES string of the molecule is CCOCCCCNC(=NCC(=O)N(C)C)NC1CCOc2ccccc21.I. The van der Waals surface area contributed by atoms with E-state index in [0.29, 0.717) is 12.6 Å². The molecule has 1 aromatic rings. The van der Waals surface area contributed by atoms with Crippen LogP contribution in [0, 0.1) is 0 Å². The third kappa shape index (κ3) is 8.22. The molecule has 158 valence electrons. The monoisotopic (exact) mass is 504 g/mol. The zero-order valence-electron chi connectivity index (χ0n) is 17.1. The first-order valence-corrected chi connectivity index (χ1v) is 9.66. The molecule has 0 spiro atoms. The highest BCUT2D eigenvalue weighted by Crippen LogP contribution is 2.31. The second-order valence-electron chi connectivity index (χ2n) is 6.66. The zero-order chi connectivity index (χ0) is 19.5. The number of aliphatic imine (C=N–C) groups is 1. The van der Waals surface area contributed by atoms with E-state index >= 15 is 0 Å². The van der Waals surface area contributed by atoms with Gasteiger partial charge in [-0.15, -0.1) is 24.0 Å². The van der Waals surface area contributed by atoms with Crippen molar-refractivity contribution in [2.75, 3.05) is 47.0 Å². The van der Waals surface area contributed by atoms with Crippen LogP contribution in [0.15, 0.2) is 29.3 Å². The van der Waals surface area contributed by atoms with Gasteiger partial charge in [0.15, 0.2) is 5.96 Å². The average Bonchev–Trinajstić information content (AvgIpc) is 2.68. The summed E-state index contributed by atoms with van der Waals surface area (Å²) in [5, 5.41) is 6.81. The largest absolute Gasteiger partial charge is 0.493 e. The molecule has 0 aliphatic carbocycles. The minimum atomic E-state index is -0.0279. The van der Waals surface area contributed by atoms with Crippen molar-refractivity contribution in [1.82, 2.24) is 15.5 Å². The number of hydrogen-bond acceptors (Lipinski definition) is 4. The van der Waals surface area contributed by atoms with Gasteiger partial charge in [0.2, 0.25) is 5.91 Å². The van der Waals surface area contributed by atoms with Crippen LogP contribution in [0.3, 0.4) is 0 Å². The van der Waals surface area contributed by atoms with Crippen molar-refractivity contribution < 1.29 is 14.3 Å². The van der Waals surface area contributed by atoms with E-state index in [0.717, 1.165) is 50.3 Å². The summed E-state index contributed by atoms with van der Waals surface area (Å²) >= 11 is 0. The van der Waals surface area contributed by atoms with Gasteiger partial charge in [-0.2, -0.15) is 0 Å². The van der Waals surface area contributed by atoms with Crippen LogP contribution in [0.2, 0.25) is 0 Å². The number of halogens is 1. The van der Waals surface area contributed by atoms with Crippen molar-refractivity contribution >= 4 is 35.8 Å². The van der Waals surface area contributed by atoms with Crippen molar-refractivity contribution in [2.24, 2.45) is 4.99 Å². The van der Waals surface area contributed by atoms with Crippen LogP contribution in [-0.4, -0.2) is 63.8 Å². The normalized spacial score (nSPS) is 15.7. The van der Waals surface area contributed by atoms with Crippen LogP contribution in [0.5, 0.6) is 5.75 Å². The number of nitrogens with zero attached hydrogens (tertiary/aromatic N) is 2. The lowest BCUT2D eigenvalue weighted by Gasteiger charge is -2.28. The number of rotatable bonds is 9. The van der Waals surface area contributed by atoms with Crippen molar-refractivity contribution in [3.63, 3.8) is 0 Å². The number of guanidine groups is 1. The van der Waals surface area contributed by atoms with Gasteiger partial charge < -0.3 is 25.0 Å². The van der Waals surface area contributed by atoms with Gasteiger partial charge in [0.1, 0.15) is 12.3 Å². The molecular formula is C20H33IN4O3. The fraction of sp³-hybridized carbons (Fsp3) is 0.600. The number of carbonyl (C=O) groups excluding carboxylic acids is 1. The molecule has 1 aliphatic heterocycles. The Morgan fingerprint density at radius 3 is 2.86 bits per heavy atom. The van der Waals surface area contributed by atoms with E-state index in [1.165, 1.54) is 0 Å². The molecule has 28 heavy (non-hydrogen) atoms. The Kier molecular flexibility index (Phi) is 11.9. The summed E-state index contributed by atoms with van der Waals surface area (Å²) in [7, 11) is 3.47. The van der Waals surface area contributed by atoms with Gasteiger partial charge in [0, 0.05) is 45.8 Å². The lowest BCUT2D eigenvalue weighted by molar-refractivity contribution is -0.127. The third-order valence-corrected chi connectivity index (χ3v) is 4.35. The number of carbonyl (C=O) groups is 1. The quantitative estimate of drug-likeness (QED) is 0.234. The number of hydrogen-bond donors (Lipinski definition) is 2. The van der Waals surface area contributed by atoms with Crippen LogP contribution >= 0.6 is 24.0 Å². The first-order valence-electron chi connectivity index (χ1n) is 9.66. The highest BCUT2D eigenvalue weighted by molar-refractivity contribution is 14.0. The Bertz CT molecular complexity index is 625. The number of fused-ring (bicyclic) bond motifs is 1. The van der Waals surface area contributed by atoms with Crippen LogP contribution < -0.4 is 15.4 Å². The number of benzene rings is 1. The van der Waals surface area contributed by atoms with Gasteiger partial charge in [-0.3, -0.25) is 4.79 Å². The van der Waals surface area contributed by atoms with Gasteiger partial charge in [0.25, 0.3) is 0 Å². The molecule has 0 aromatic heterocycles. The number of nitrogens with one attached hydrogen (secondary N) is 2. The molecule has 0 saturated carbocycles. The van der Waals surface area contributed by atoms with Crippen LogP contribution in [0.4, 0.5) is 0 Å². The van der Waals surface area contributed by atoms with E-state index in [9.17, 15) is 4.79 Å². The standard InChI is InChI=1S/C20H32N4O3.HI/c1-4-26-13-8-7-12-21-20(22-15-19(25)24(2)3)23-17-11-14-27-18-10-6-5-9-16(17)18;/h5-6,9-10,17H,4,7-8,11-15H2,1-3H3,(H2,21,22,23);1H. The molecule has 1 heterocycles. The first-order chi connectivity index (χ1) is 13.1. The Morgan fingerprint density at radius 2 is 2.11 bits per heavy atom. The molecule has 0 radical (unpaired) electrons. The first kappa shape index (κ1) is 24.5. The fourth-order valence-corrected chi connectivity index (χ4v) is 2.78. The molecule has 7 nitrogen and oxygen atoms in total. The molecule has 0 saturated heterocycles. The van der Waals surface area contributed by atoms with E-state index < -0.39 is 0 Å². The van der Waals surface area contributed by atoms with Crippen molar-refractivity contribution in [2.45, 2.75) is 32.2 Å². The summed E-state index contributed by atoms with van der Waals surface area (Å²) in [4.78, 5) is 17.9. The molecule has 8 heteroatoms. The van der Waals surface area contributed by atoms with Crippen molar-refractivity contribution in [3.05, 3.63) is 29.8 Å². The third-order valence-electron chi connectivity index (χ3n) is 4.35. The maximum atomic E-state index is 11.9. The molecule has 0 bridgehead atoms. The van der Waals surface area contributed by atoms with E-state index in [-0.39, 0.29) is 42.5 Å². The lowest BCUT2D eigenvalue weighted by Crippen LogP contribution is -2.42.